The third-order valence-corrected chi connectivity index (χ3v) is 3.90. The lowest BCUT2D eigenvalue weighted by Gasteiger charge is -2.10. The molecule has 0 unspecified atom stereocenters. The van der Waals surface area contributed by atoms with Crippen LogP contribution in [0.4, 0.5) is 0 Å². The molecule has 108 valence electrons. The Hall–Kier alpha value is -1.61. The number of nitrogens with zero attached hydrogens (tertiary/aromatic N) is 2. The van der Waals surface area contributed by atoms with Gasteiger partial charge in [-0.05, 0) is 37.8 Å². The molecule has 0 aliphatic carbocycles. The lowest BCUT2D eigenvalue weighted by Crippen LogP contribution is -2.08. The minimum absolute atomic E-state index is 0.0825. The predicted octanol–water partition coefficient (Wildman–Crippen LogP) is 3.17. The number of rotatable bonds is 5. The van der Waals surface area contributed by atoms with Gasteiger partial charge in [0.2, 0.25) is 0 Å². The molecule has 0 spiro atoms. The second-order valence-corrected chi connectivity index (χ2v) is 5.32. The van der Waals surface area contributed by atoms with E-state index in [2.05, 4.69) is 50.6 Å². The van der Waals surface area contributed by atoms with Crippen molar-refractivity contribution in [1.82, 2.24) is 9.78 Å². The maximum Gasteiger partial charge on any atom is 0.0718 e. The summed E-state index contributed by atoms with van der Waals surface area (Å²) in [4.78, 5) is 0. The highest BCUT2D eigenvalue weighted by molar-refractivity contribution is 5.32. The molecule has 0 aliphatic heterocycles. The Bertz CT molecular complexity index is 599. The van der Waals surface area contributed by atoms with Gasteiger partial charge in [-0.1, -0.05) is 37.6 Å². The molecule has 1 N–H and O–H groups in total. The minimum Gasteiger partial charge on any atom is -0.392 e. The van der Waals surface area contributed by atoms with Crippen molar-refractivity contribution in [2.45, 2.75) is 53.7 Å². The van der Waals surface area contributed by atoms with Crippen LogP contribution in [0.25, 0.3) is 0 Å². The zero-order valence-electron chi connectivity index (χ0n) is 12.9. The van der Waals surface area contributed by atoms with Crippen molar-refractivity contribution in [1.29, 1.82) is 0 Å². The van der Waals surface area contributed by atoms with Crippen LogP contribution in [-0.4, -0.2) is 14.9 Å². The largest absolute Gasteiger partial charge is 0.392 e. The van der Waals surface area contributed by atoms with Gasteiger partial charge in [0.15, 0.2) is 0 Å². The van der Waals surface area contributed by atoms with E-state index in [1.165, 1.54) is 16.7 Å². The molecule has 0 saturated carbocycles. The summed E-state index contributed by atoms with van der Waals surface area (Å²) in [7, 11) is 0. The average molecular weight is 272 g/mol. The number of aliphatic hydroxyl groups is 1. The summed E-state index contributed by atoms with van der Waals surface area (Å²) < 4.78 is 2.06. The Morgan fingerprint density at radius 2 is 1.90 bits per heavy atom. The van der Waals surface area contributed by atoms with Crippen molar-refractivity contribution in [3.05, 3.63) is 51.8 Å². The van der Waals surface area contributed by atoms with Gasteiger partial charge in [0.05, 0.1) is 18.8 Å². The first-order valence-corrected chi connectivity index (χ1v) is 7.35. The summed E-state index contributed by atoms with van der Waals surface area (Å²) in [6.45, 7) is 9.32. The first-order valence-electron chi connectivity index (χ1n) is 7.35. The highest BCUT2D eigenvalue weighted by atomic mass is 16.3. The summed E-state index contributed by atoms with van der Waals surface area (Å²) in [5.41, 5.74) is 7.06. The van der Waals surface area contributed by atoms with Crippen LogP contribution in [0.5, 0.6) is 0 Å². The van der Waals surface area contributed by atoms with E-state index < -0.39 is 0 Å². The maximum absolute atomic E-state index is 9.59. The Balaban J connectivity index is 2.42. The van der Waals surface area contributed by atoms with Crippen LogP contribution in [-0.2, 0) is 26.0 Å². The first kappa shape index (κ1) is 14.8. The van der Waals surface area contributed by atoms with Gasteiger partial charge < -0.3 is 5.11 Å². The third kappa shape index (κ3) is 2.78. The Morgan fingerprint density at radius 1 is 1.15 bits per heavy atom. The van der Waals surface area contributed by atoms with E-state index >= 15 is 0 Å². The average Bonchev–Trinajstić information content (AvgIpc) is 2.79. The van der Waals surface area contributed by atoms with Gasteiger partial charge in [-0.3, -0.25) is 4.68 Å². The van der Waals surface area contributed by atoms with Gasteiger partial charge in [0.25, 0.3) is 0 Å². The second kappa shape index (κ2) is 6.23. The highest BCUT2D eigenvalue weighted by Crippen LogP contribution is 2.19. The maximum atomic E-state index is 9.59. The van der Waals surface area contributed by atoms with Crippen molar-refractivity contribution >= 4 is 0 Å². The smallest absolute Gasteiger partial charge is 0.0718 e. The summed E-state index contributed by atoms with van der Waals surface area (Å²) in [6, 6.07) is 6.52. The summed E-state index contributed by atoms with van der Waals surface area (Å²) in [5, 5.41) is 14.3. The number of hydrogen-bond acceptors (Lipinski definition) is 2. The Kier molecular flexibility index (Phi) is 4.61. The van der Waals surface area contributed by atoms with Crippen molar-refractivity contribution in [3.8, 4) is 0 Å². The molecule has 1 aromatic carbocycles. The molecule has 1 aromatic heterocycles. The van der Waals surface area contributed by atoms with Crippen LogP contribution in [0.2, 0.25) is 0 Å². The third-order valence-electron chi connectivity index (χ3n) is 3.90. The fourth-order valence-electron chi connectivity index (χ4n) is 2.71. The minimum atomic E-state index is 0.0825. The van der Waals surface area contributed by atoms with Crippen molar-refractivity contribution in [2.75, 3.05) is 0 Å². The molecule has 20 heavy (non-hydrogen) atoms. The van der Waals surface area contributed by atoms with E-state index in [9.17, 15) is 5.11 Å². The molecule has 0 aliphatic rings. The molecule has 3 heteroatoms. The summed E-state index contributed by atoms with van der Waals surface area (Å²) >= 11 is 0. The molecule has 0 fully saturated rings. The first-order chi connectivity index (χ1) is 9.60. The van der Waals surface area contributed by atoms with Gasteiger partial charge in [-0.15, -0.1) is 0 Å². The zero-order valence-corrected chi connectivity index (χ0v) is 12.9. The molecule has 2 aromatic rings. The normalized spacial score (nSPS) is 11.1. The topological polar surface area (TPSA) is 38.0 Å². The Labute approximate surface area is 121 Å². The molecule has 0 amide bonds. The van der Waals surface area contributed by atoms with Gasteiger partial charge >= 0.3 is 0 Å². The van der Waals surface area contributed by atoms with E-state index in [4.69, 9.17) is 5.10 Å². The number of aryl methyl sites for hydroxylation is 3. The van der Waals surface area contributed by atoms with Crippen LogP contribution in [0.3, 0.4) is 0 Å². The quantitative estimate of drug-likeness (QED) is 0.908. The summed E-state index contributed by atoms with van der Waals surface area (Å²) in [6.07, 6.45) is 1.76. The molecule has 0 atom stereocenters. The predicted molar refractivity (Wildman–Crippen MR) is 81.9 cm³/mol. The van der Waals surface area contributed by atoms with Crippen LogP contribution < -0.4 is 0 Å². The number of aromatic nitrogens is 2. The monoisotopic (exact) mass is 272 g/mol. The van der Waals surface area contributed by atoms with Crippen LogP contribution in [0.15, 0.2) is 18.2 Å². The molecule has 1 heterocycles. The SMILES string of the molecule is CCc1nn(Cc2cc(C)ccc2C)c(CC)c1CO. The fourth-order valence-corrected chi connectivity index (χ4v) is 2.71. The van der Waals surface area contributed by atoms with E-state index in [1.54, 1.807) is 0 Å². The lowest BCUT2D eigenvalue weighted by atomic mass is 10.1. The molecule has 3 nitrogen and oxygen atoms in total. The Morgan fingerprint density at radius 3 is 2.50 bits per heavy atom. The summed E-state index contributed by atoms with van der Waals surface area (Å²) in [5.74, 6) is 0. The van der Waals surface area contributed by atoms with Crippen LogP contribution in [0.1, 0.15) is 47.5 Å². The van der Waals surface area contributed by atoms with Crippen molar-refractivity contribution in [3.63, 3.8) is 0 Å². The second-order valence-electron chi connectivity index (χ2n) is 5.32. The lowest BCUT2D eigenvalue weighted by molar-refractivity contribution is 0.279. The highest BCUT2D eigenvalue weighted by Gasteiger charge is 2.15. The van der Waals surface area contributed by atoms with E-state index in [0.717, 1.165) is 36.3 Å². The van der Waals surface area contributed by atoms with Gasteiger partial charge in [0, 0.05) is 11.3 Å². The van der Waals surface area contributed by atoms with E-state index in [-0.39, 0.29) is 6.61 Å². The molecule has 0 saturated heterocycles. The fraction of sp³-hybridized carbons (Fsp3) is 0.471. The number of aliphatic hydroxyl groups excluding tert-OH is 1. The number of benzene rings is 1. The molecular formula is C17H24N2O. The van der Waals surface area contributed by atoms with Crippen molar-refractivity contribution < 1.29 is 5.11 Å². The van der Waals surface area contributed by atoms with Crippen molar-refractivity contribution in [2.24, 2.45) is 0 Å². The zero-order chi connectivity index (χ0) is 14.7. The molecule has 0 radical (unpaired) electrons. The van der Waals surface area contributed by atoms with Gasteiger partial charge in [0.1, 0.15) is 0 Å². The standard InChI is InChI=1S/C17H24N2O/c1-5-16-15(11-20)17(6-2)19(18-16)10-14-9-12(3)7-8-13(14)4/h7-9,20H,5-6,10-11H2,1-4H3. The van der Waals surface area contributed by atoms with Gasteiger partial charge in [-0.2, -0.15) is 5.10 Å². The van der Waals surface area contributed by atoms with Crippen LogP contribution >= 0.6 is 0 Å². The molecule has 0 bridgehead atoms. The molecular weight excluding hydrogens is 248 g/mol. The van der Waals surface area contributed by atoms with E-state index in [1.807, 2.05) is 0 Å². The van der Waals surface area contributed by atoms with E-state index in [0.29, 0.717) is 0 Å². The molecule has 2 rings (SSSR count). The van der Waals surface area contributed by atoms with Crippen LogP contribution in [0, 0.1) is 13.8 Å². The van der Waals surface area contributed by atoms with Gasteiger partial charge in [-0.25, -0.2) is 0 Å². The number of hydrogen-bond donors (Lipinski definition) is 1.